The molecule has 2 aromatic rings. The Morgan fingerprint density at radius 2 is 1.93 bits per heavy atom. The molecule has 0 atom stereocenters. The summed E-state index contributed by atoms with van der Waals surface area (Å²) in [5, 5.41) is 10.7. The quantitative estimate of drug-likeness (QED) is 0.574. The van der Waals surface area contributed by atoms with Crippen molar-refractivity contribution in [2.24, 2.45) is 0 Å². The number of hydrogen-bond donors (Lipinski definition) is 1. The summed E-state index contributed by atoms with van der Waals surface area (Å²) in [6.07, 6.45) is -0.873. The maximum atomic E-state index is 12.4. The lowest BCUT2D eigenvalue weighted by atomic mass is 10.2. The molecule has 1 N–H and O–H groups in total. The van der Waals surface area contributed by atoms with E-state index in [1.54, 1.807) is 24.3 Å². The number of nitro groups is 1. The van der Waals surface area contributed by atoms with Gasteiger partial charge in [0.25, 0.3) is 5.69 Å². The molecular weight excluding hydrogens is 398 g/mol. The summed E-state index contributed by atoms with van der Waals surface area (Å²) < 4.78 is 31.8. The fourth-order valence-electron chi connectivity index (χ4n) is 2.21. The van der Waals surface area contributed by atoms with Crippen molar-refractivity contribution in [2.75, 3.05) is 19.0 Å². The van der Waals surface area contributed by atoms with Gasteiger partial charge >= 0.3 is 6.09 Å². The third kappa shape index (κ3) is 4.73. The Bertz CT molecular complexity index is 966. The number of carbonyl (C=O) groups is 1. The van der Waals surface area contributed by atoms with Gasteiger partial charge in [-0.3, -0.25) is 15.0 Å². The Kier molecular flexibility index (Phi) is 6.37. The van der Waals surface area contributed by atoms with Crippen LogP contribution >= 0.6 is 11.6 Å². The van der Waals surface area contributed by atoms with E-state index >= 15 is 0 Å². The molecule has 0 saturated heterocycles. The summed E-state index contributed by atoms with van der Waals surface area (Å²) in [4.78, 5) is 23.0. The molecule has 0 aliphatic rings. The van der Waals surface area contributed by atoms with E-state index in [4.69, 9.17) is 16.3 Å². The highest BCUT2D eigenvalue weighted by molar-refractivity contribution is 7.89. The largest absolute Gasteiger partial charge is 0.444 e. The number of nitrogens with zero attached hydrogens (tertiary/aromatic N) is 2. The molecule has 0 aliphatic carbocycles. The molecule has 2 aromatic carbocycles. The Morgan fingerprint density at radius 3 is 2.48 bits per heavy atom. The molecule has 0 bridgehead atoms. The number of amides is 1. The number of anilines is 1. The summed E-state index contributed by atoms with van der Waals surface area (Å²) in [5.41, 5.74) is -0.0181. The van der Waals surface area contributed by atoms with Gasteiger partial charge < -0.3 is 4.74 Å². The summed E-state index contributed by atoms with van der Waals surface area (Å²) >= 11 is 6.05. The van der Waals surface area contributed by atoms with Gasteiger partial charge in [-0.05, 0) is 12.6 Å². The van der Waals surface area contributed by atoms with E-state index in [1.165, 1.54) is 7.05 Å². The monoisotopic (exact) mass is 413 g/mol. The first-order valence-corrected chi connectivity index (χ1v) is 9.39. The molecule has 0 unspecified atom stereocenters. The zero-order chi connectivity index (χ0) is 20.2. The number of non-ortho nitro benzene ring substituents is 1. The molecule has 0 spiro atoms. The van der Waals surface area contributed by atoms with Crippen LogP contribution in [-0.2, 0) is 21.4 Å². The van der Waals surface area contributed by atoms with Crippen LogP contribution in [0.5, 0.6) is 0 Å². The fraction of sp³-hybridized carbons (Fsp3) is 0.188. The number of sulfonamides is 1. The van der Waals surface area contributed by atoms with Gasteiger partial charge in [0.05, 0.1) is 15.6 Å². The standard InChI is InChI=1S/C16H16ClN3O6S/c1-18-27(24,25)14-9-12(20(22)23)8-13(17)15(14)19(2)16(21)26-10-11-6-4-3-5-7-11/h3-9,18H,10H2,1-2H3. The molecule has 11 heteroatoms. The number of rotatable bonds is 6. The highest BCUT2D eigenvalue weighted by atomic mass is 35.5. The van der Waals surface area contributed by atoms with Crippen molar-refractivity contribution in [3.63, 3.8) is 0 Å². The summed E-state index contributed by atoms with van der Waals surface area (Å²) in [5.74, 6) is 0. The molecular formula is C16H16ClN3O6S. The van der Waals surface area contributed by atoms with Crippen molar-refractivity contribution in [3.8, 4) is 0 Å². The SMILES string of the molecule is CNS(=O)(=O)c1cc([N+](=O)[O-])cc(Cl)c1N(C)C(=O)OCc1ccccc1. The topological polar surface area (TPSA) is 119 Å². The van der Waals surface area contributed by atoms with E-state index in [-0.39, 0.29) is 17.3 Å². The molecule has 2 rings (SSSR count). The number of nitrogens with one attached hydrogen (secondary N) is 1. The van der Waals surface area contributed by atoms with Gasteiger partial charge in [0.2, 0.25) is 10.0 Å². The van der Waals surface area contributed by atoms with Crippen LogP contribution in [0.1, 0.15) is 5.56 Å². The molecule has 9 nitrogen and oxygen atoms in total. The maximum absolute atomic E-state index is 12.4. The fourth-order valence-corrected chi connectivity index (χ4v) is 3.61. The van der Waals surface area contributed by atoms with E-state index in [9.17, 15) is 23.3 Å². The minimum atomic E-state index is -4.14. The minimum absolute atomic E-state index is 0.0390. The number of carbonyl (C=O) groups excluding carboxylic acids is 1. The van der Waals surface area contributed by atoms with Crippen LogP contribution < -0.4 is 9.62 Å². The van der Waals surface area contributed by atoms with Crippen molar-refractivity contribution in [1.29, 1.82) is 0 Å². The lowest BCUT2D eigenvalue weighted by Gasteiger charge is -2.21. The van der Waals surface area contributed by atoms with Crippen LogP contribution in [0, 0.1) is 10.1 Å². The third-order valence-electron chi connectivity index (χ3n) is 3.60. The normalized spacial score (nSPS) is 11.1. The Balaban J connectivity index is 2.40. The van der Waals surface area contributed by atoms with Gasteiger partial charge in [-0.15, -0.1) is 0 Å². The highest BCUT2D eigenvalue weighted by Gasteiger charge is 2.29. The van der Waals surface area contributed by atoms with Gasteiger partial charge in [0.1, 0.15) is 11.5 Å². The molecule has 0 aliphatic heterocycles. The van der Waals surface area contributed by atoms with E-state index in [0.717, 1.165) is 29.6 Å². The first-order valence-electron chi connectivity index (χ1n) is 7.53. The van der Waals surface area contributed by atoms with Crippen molar-refractivity contribution in [2.45, 2.75) is 11.5 Å². The van der Waals surface area contributed by atoms with Crippen molar-refractivity contribution in [1.82, 2.24) is 4.72 Å². The first kappa shape index (κ1) is 20.6. The Labute approximate surface area is 160 Å². The predicted octanol–water partition coefficient (Wildman–Crippen LogP) is 2.93. The van der Waals surface area contributed by atoms with Gasteiger partial charge in [-0.25, -0.2) is 17.9 Å². The van der Waals surface area contributed by atoms with E-state index in [2.05, 4.69) is 4.72 Å². The molecule has 0 saturated carbocycles. The number of halogens is 1. The zero-order valence-corrected chi connectivity index (χ0v) is 16.0. The van der Waals surface area contributed by atoms with Crippen LogP contribution in [0.3, 0.4) is 0 Å². The molecule has 1 amide bonds. The average Bonchev–Trinajstić information content (AvgIpc) is 2.65. The van der Waals surface area contributed by atoms with Gasteiger partial charge in [0.15, 0.2) is 0 Å². The molecule has 0 aromatic heterocycles. The van der Waals surface area contributed by atoms with Crippen LogP contribution in [0.2, 0.25) is 5.02 Å². The first-order chi connectivity index (χ1) is 12.7. The summed E-state index contributed by atoms with van der Waals surface area (Å²) in [7, 11) is -1.74. The Hall–Kier alpha value is -2.69. The van der Waals surface area contributed by atoms with Crippen LogP contribution in [0.4, 0.5) is 16.2 Å². The molecule has 0 radical (unpaired) electrons. The molecule has 144 valence electrons. The predicted molar refractivity (Wildman–Crippen MR) is 99.4 cm³/mol. The molecule has 0 heterocycles. The Morgan fingerprint density at radius 1 is 1.30 bits per heavy atom. The summed E-state index contributed by atoms with van der Waals surface area (Å²) in [6.45, 7) is -0.0390. The number of benzene rings is 2. The summed E-state index contributed by atoms with van der Waals surface area (Å²) in [6, 6.07) is 10.7. The lowest BCUT2D eigenvalue weighted by Crippen LogP contribution is -2.30. The van der Waals surface area contributed by atoms with Crippen molar-refractivity contribution in [3.05, 3.63) is 63.2 Å². The van der Waals surface area contributed by atoms with E-state index < -0.39 is 31.6 Å². The smallest absolute Gasteiger partial charge is 0.414 e. The lowest BCUT2D eigenvalue weighted by molar-refractivity contribution is -0.385. The van der Waals surface area contributed by atoms with E-state index in [0.29, 0.717) is 0 Å². The third-order valence-corrected chi connectivity index (χ3v) is 5.31. The molecule has 0 fully saturated rings. The highest BCUT2D eigenvalue weighted by Crippen LogP contribution is 2.36. The van der Waals surface area contributed by atoms with Crippen LogP contribution in [-0.4, -0.2) is 33.5 Å². The van der Waals surface area contributed by atoms with E-state index in [1.807, 2.05) is 6.07 Å². The number of hydrogen-bond acceptors (Lipinski definition) is 6. The van der Waals surface area contributed by atoms with Crippen LogP contribution in [0.25, 0.3) is 0 Å². The number of nitro benzene ring substituents is 1. The van der Waals surface area contributed by atoms with Gasteiger partial charge in [0, 0.05) is 19.2 Å². The van der Waals surface area contributed by atoms with Gasteiger partial charge in [-0.1, -0.05) is 41.9 Å². The van der Waals surface area contributed by atoms with Crippen LogP contribution in [0.15, 0.2) is 47.4 Å². The molecule has 27 heavy (non-hydrogen) atoms. The second kappa shape index (κ2) is 8.33. The van der Waals surface area contributed by atoms with Crippen molar-refractivity contribution < 1.29 is 22.9 Å². The zero-order valence-electron chi connectivity index (χ0n) is 14.4. The van der Waals surface area contributed by atoms with Crippen molar-refractivity contribution >= 4 is 39.1 Å². The van der Waals surface area contributed by atoms with Gasteiger partial charge in [-0.2, -0.15) is 0 Å². The second-order valence-electron chi connectivity index (χ2n) is 5.34. The minimum Gasteiger partial charge on any atom is -0.444 e. The maximum Gasteiger partial charge on any atom is 0.414 e. The second-order valence-corrected chi connectivity index (χ2v) is 7.60. The average molecular weight is 414 g/mol. The number of ether oxygens (including phenoxy) is 1.